The van der Waals surface area contributed by atoms with E-state index in [1.165, 1.54) is 7.11 Å². The molecule has 0 aliphatic carbocycles. The average molecular weight is 296 g/mol. The SMILES string of the molecule is COC(=O)c1ccc2c(cnn2Cc2ccc(OC)cc2)c1. The van der Waals surface area contributed by atoms with E-state index in [1.54, 1.807) is 25.4 Å². The van der Waals surface area contributed by atoms with Crippen LogP contribution >= 0.6 is 0 Å². The lowest BCUT2D eigenvalue weighted by atomic mass is 10.1. The van der Waals surface area contributed by atoms with Crippen molar-refractivity contribution in [3.63, 3.8) is 0 Å². The van der Waals surface area contributed by atoms with Gasteiger partial charge in [-0.25, -0.2) is 4.79 Å². The summed E-state index contributed by atoms with van der Waals surface area (Å²) in [6.07, 6.45) is 1.76. The number of aromatic nitrogens is 2. The van der Waals surface area contributed by atoms with Crippen molar-refractivity contribution in [2.75, 3.05) is 14.2 Å². The highest BCUT2D eigenvalue weighted by atomic mass is 16.5. The Morgan fingerprint density at radius 3 is 2.59 bits per heavy atom. The fourth-order valence-electron chi connectivity index (χ4n) is 2.36. The Morgan fingerprint density at radius 2 is 1.91 bits per heavy atom. The van der Waals surface area contributed by atoms with Crippen LogP contribution < -0.4 is 4.74 Å². The van der Waals surface area contributed by atoms with Crippen molar-refractivity contribution in [3.8, 4) is 5.75 Å². The van der Waals surface area contributed by atoms with Gasteiger partial charge in [-0.15, -0.1) is 0 Å². The van der Waals surface area contributed by atoms with Crippen molar-refractivity contribution in [2.45, 2.75) is 6.54 Å². The first-order chi connectivity index (χ1) is 10.7. The second kappa shape index (κ2) is 5.89. The Hall–Kier alpha value is -2.82. The first-order valence-electron chi connectivity index (χ1n) is 6.88. The largest absolute Gasteiger partial charge is 0.497 e. The molecule has 0 unspecified atom stereocenters. The molecule has 0 fully saturated rings. The van der Waals surface area contributed by atoms with Crippen molar-refractivity contribution in [1.29, 1.82) is 0 Å². The molecule has 0 aliphatic rings. The Kier molecular flexibility index (Phi) is 3.78. The highest BCUT2D eigenvalue weighted by molar-refractivity contribution is 5.94. The summed E-state index contributed by atoms with van der Waals surface area (Å²) in [4.78, 5) is 11.6. The lowest BCUT2D eigenvalue weighted by Crippen LogP contribution is -2.03. The summed E-state index contributed by atoms with van der Waals surface area (Å²) in [7, 11) is 3.02. The summed E-state index contributed by atoms with van der Waals surface area (Å²) in [6.45, 7) is 0.658. The van der Waals surface area contributed by atoms with Crippen LogP contribution in [0.1, 0.15) is 15.9 Å². The van der Waals surface area contributed by atoms with E-state index in [4.69, 9.17) is 9.47 Å². The van der Waals surface area contributed by atoms with Crippen molar-refractivity contribution in [1.82, 2.24) is 9.78 Å². The van der Waals surface area contributed by atoms with E-state index in [9.17, 15) is 4.79 Å². The number of nitrogens with zero attached hydrogens (tertiary/aromatic N) is 2. The maximum atomic E-state index is 11.6. The molecule has 0 saturated carbocycles. The number of hydrogen-bond donors (Lipinski definition) is 0. The Morgan fingerprint density at radius 1 is 1.14 bits per heavy atom. The number of rotatable bonds is 4. The molecule has 0 atom stereocenters. The molecule has 112 valence electrons. The van der Waals surface area contributed by atoms with E-state index in [2.05, 4.69) is 5.10 Å². The van der Waals surface area contributed by atoms with E-state index in [0.717, 1.165) is 22.2 Å². The molecule has 1 aromatic heterocycles. The fourth-order valence-corrected chi connectivity index (χ4v) is 2.36. The Balaban J connectivity index is 1.89. The van der Waals surface area contributed by atoms with Gasteiger partial charge in [0, 0.05) is 5.39 Å². The van der Waals surface area contributed by atoms with Crippen molar-refractivity contribution in [2.24, 2.45) is 0 Å². The molecule has 0 spiro atoms. The van der Waals surface area contributed by atoms with Crippen LogP contribution in [0.25, 0.3) is 10.9 Å². The third-order valence-electron chi connectivity index (χ3n) is 3.55. The lowest BCUT2D eigenvalue weighted by molar-refractivity contribution is 0.0601. The molecule has 0 amide bonds. The van der Waals surface area contributed by atoms with Crippen LogP contribution in [-0.2, 0) is 11.3 Å². The van der Waals surface area contributed by atoms with Crippen molar-refractivity contribution in [3.05, 3.63) is 59.8 Å². The van der Waals surface area contributed by atoms with Crippen molar-refractivity contribution >= 4 is 16.9 Å². The fraction of sp³-hybridized carbons (Fsp3) is 0.176. The number of benzene rings is 2. The third kappa shape index (κ3) is 2.65. The molecule has 22 heavy (non-hydrogen) atoms. The standard InChI is InChI=1S/C17H16N2O3/c1-21-15-6-3-12(4-7-15)11-19-16-8-5-13(17(20)22-2)9-14(16)10-18-19/h3-10H,11H2,1-2H3. The highest BCUT2D eigenvalue weighted by Gasteiger charge is 2.09. The molecule has 0 N–H and O–H groups in total. The predicted molar refractivity (Wildman–Crippen MR) is 83.2 cm³/mol. The number of hydrogen-bond acceptors (Lipinski definition) is 4. The van der Waals surface area contributed by atoms with E-state index in [1.807, 2.05) is 35.0 Å². The normalized spacial score (nSPS) is 10.6. The summed E-state index contributed by atoms with van der Waals surface area (Å²) in [6, 6.07) is 13.3. The van der Waals surface area contributed by atoms with E-state index >= 15 is 0 Å². The maximum Gasteiger partial charge on any atom is 0.337 e. The third-order valence-corrected chi connectivity index (χ3v) is 3.55. The van der Waals surface area contributed by atoms with Gasteiger partial charge in [-0.1, -0.05) is 12.1 Å². The molecular weight excluding hydrogens is 280 g/mol. The zero-order valence-electron chi connectivity index (χ0n) is 12.4. The highest BCUT2D eigenvalue weighted by Crippen LogP contribution is 2.18. The van der Waals surface area contributed by atoms with Gasteiger partial charge in [-0.2, -0.15) is 5.10 Å². The lowest BCUT2D eigenvalue weighted by Gasteiger charge is -2.06. The summed E-state index contributed by atoms with van der Waals surface area (Å²) in [5, 5.41) is 5.31. The Labute approximate surface area is 128 Å². The molecule has 2 aromatic carbocycles. The summed E-state index contributed by atoms with van der Waals surface area (Å²) in [5.74, 6) is 0.488. The molecule has 5 nitrogen and oxygen atoms in total. The number of ether oxygens (including phenoxy) is 2. The monoisotopic (exact) mass is 296 g/mol. The molecule has 5 heteroatoms. The van der Waals surface area contributed by atoms with Gasteiger partial charge < -0.3 is 9.47 Å². The zero-order valence-corrected chi connectivity index (χ0v) is 12.4. The molecule has 0 aliphatic heterocycles. The van der Waals surface area contributed by atoms with Gasteiger partial charge in [0.25, 0.3) is 0 Å². The van der Waals surface area contributed by atoms with Crippen LogP contribution in [0.2, 0.25) is 0 Å². The second-order valence-electron chi connectivity index (χ2n) is 4.92. The number of methoxy groups -OCH3 is 2. The predicted octanol–water partition coefficient (Wildman–Crippen LogP) is 2.88. The summed E-state index contributed by atoms with van der Waals surface area (Å²) in [5.41, 5.74) is 2.63. The molecule has 3 aromatic rings. The quantitative estimate of drug-likeness (QED) is 0.695. The van der Waals surface area contributed by atoms with Gasteiger partial charge in [0.05, 0.1) is 38.0 Å². The number of esters is 1. The minimum absolute atomic E-state index is 0.343. The molecule has 0 bridgehead atoms. The molecular formula is C17H16N2O3. The van der Waals surface area contributed by atoms with E-state index in [-0.39, 0.29) is 5.97 Å². The van der Waals surface area contributed by atoms with E-state index in [0.29, 0.717) is 12.1 Å². The van der Waals surface area contributed by atoms with Gasteiger partial charge in [0.2, 0.25) is 0 Å². The van der Waals surface area contributed by atoms with Gasteiger partial charge >= 0.3 is 5.97 Å². The first-order valence-corrected chi connectivity index (χ1v) is 6.88. The molecule has 0 saturated heterocycles. The van der Waals surface area contributed by atoms with Crippen LogP contribution in [0.3, 0.4) is 0 Å². The second-order valence-corrected chi connectivity index (χ2v) is 4.92. The summed E-state index contributed by atoms with van der Waals surface area (Å²) < 4.78 is 11.8. The molecule has 3 rings (SSSR count). The summed E-state index contributed by atoms with van der Waals surface area (Å²) >= 11 is 0. The number of carbonyl (C=O) groups is 1. The number of carbonyl (C=O) groups excluding carboxylic acids is 1. The maximum absolute atomic E-state index is 11.6. The van der Waals surface area contributed by atoms with Crippen LogP contribution in [0.5, 0.6) is 5.75 Å². The van der Waals surface area contributed by atoms with Gasteiger partial charge in [0.1, 0.15) is 5.75 Å². The van der Waals surface area contributed by atoms with Gasteiger partial charge in [0.15, 0.2) is 0 Å². The zero-order chi connectivity index (χ0) is 15.5. The Bertz CT molecular complexity index is 806. The van der Waals surface area contributed by atoms with Crippen LogP contribution in [-0.4, -0.2) is 30.0 Å². The van der Waals surface area contributed by atoms with Crippen LogP contribution in [0.4, 0.5) is 0 Å². The smallest absolute Gasteiger partial charge is 0.337 e. The van der Waals surface area contributed by atoms with Gasteiger partial charge in [-0.05, 0) is 35.9 Å². The molecule has 1 heterocycles. The van der Waals surface area contributed by atoms with Crippen molar-refractivity contribution < 1.29 is 14.3 Å². The van der Waals surface area contributed by atoms with Crippen LogP contribution in [0, 0.1) is 0 Å². The average Bonchev–Trinajstić information content (AvgIpc) is 2.97. The number of fused-ring (bicyclic) bond motifs is 1. The van der Waals surface area contributed by atoms with Gasteiger partial charge in [-0.3, -0.25) is 4.68 Å². The first kappa shape index (κ1) is 14.1. The van der Waals surface area contributed by atoms with E-state index < -0.39 is 0 Å². The minimum Gasteiger partial charge on any atom is -0.497 e. The topological polar surface area (TPSA) is 53.3 Å². The minimum atomic E-state index is -0.343. The van der Waals surface area contributed by atoms with Crippen LogP contribution in [0.15, 0.2) is 48.7 Å². The molecule has 0 radical (unpaired) electrons.